The number of carbonyl (C=O) groups is 2. The number of aromatic carboxylic acids is 1. The highest BCUT2D eigenvalue weighted by Crippen LogP contribution is 2.26. The third kappa shape index (κ3) is 4.37. The predicted molar refractivity (Wildman–Crippen MR) is 87.9 cm³/mol. The van der Waals surface area contributed by atoms with Crippen LogP contribution >= 0.6 is 0 Å². The molecule has 0 saturated carbocycles. The Kier molecular flexibility index (Phi) is 5.20. The van der Waals surface area contributed by atoms with Gasteiger partial charge in [-0.15, -0.1) is 0 Å². The predicted octanol–water partition coefficient (Wildman–Crippen LogP) is 3.11. The van der Waals surface area contributed by atoms with Crippen LogP contribution < -0.4 is 4.90 Å². The highest BCUT2D eigenvalue weighted by Gasteiger charge is 2.32. The van der Waals surface area contributed by atoms with Gasteiger partial charge in [-0.2, -0.15) is 0 Å². The van der Waals surface area contributed by atoms with Crippen LogP contribution in [0.15, 0.2) is 12.1 Å². The summed E-state index contributed by atoms with van der Waals surface area (Å²) in [5.74, 6) is -3.33. The molecular formula is C17H22F2N2O4. The Morgan fingerprint density at radius 3 is 2.36 bits per heavy atom. The Morgan fingerprint density at radius 2 is 1.84 bits per heavy atom. The van der Waals surface area contributed by atoms with Gasteiger partial charge in [0.2, 0.25) is 0 Å². The first-order chi connectivity index (χ1) is 11.5. The quantitative estimate of drug-likeness (QED) is 0.882. The molecule has 1 unspecified atom stereocenters. The molecule has 1 atom stereocenters. The van der Waals surface area contributed by atoms with Gasteiger partial charge < -0.3 is 19.6 Å². The molecule has 1 amide bonds. The fourth-order valence-electron chi connectivity index (χ4n) is 2.71. The smallest absolute Gasteiger partial charge is 0.410 e. The molecule has 8 heteroatoms. The molecule has 138 valence electrons. The van der Waals surface area contributed by atoms with Crippen molar-refractivity contribution in [2.24, 2.45) is 0 Å². The second kappa shape index (κ2) is 6.85. The van der Waals surface area contributed by atoms with Crippen molar-refractivity contribution in [2.75, 3.05) is 24.5 Å². The minimum Gasteiger partial charge on any atom is -0.478 e. The first kappa shape index (κ1) is 19.0. The Bertz CT molecular complexity index is 688. The van der Waals surface area contributed by atoms with Gasteiger partial charge >= 0.3 is 12.1 Å². The highest BCUT2D eigenvalue weighted by molar-refractivity contribution is 5.88. The van der Waals surface area contributed by atoms with Gasteiger partial charge in [0.05, 0.1) is 11.3 Å². The third-order valence-corrected chi connectivity index (χ3v) is 3.86. The molecule has 6 nitrogen and oxygen atoms in total. The number of benzene rings is 1. The number of halogens is 2. The SMILES string of the molecule is CC1CN(c2cc(F)c(C(=O)O)cc2F)CCN1C(=O)OC(C)(C)C. The fourth-order valence-corrected chi connectivity index (χ4v) is 2.71. The Balaban J connectivity index is 2.14. The summed E-state index contributed by atoms with van der Waals surface area (Å²) >= 11 is 0. The minimum atomic E-state index is -1.52. The summed E-state index contributed by atoms with van der Waals surface area (Å²) in [6, 6.07) is 1.29. The lowest BCUT2D eigenvalue weighted by atomic mass is 10.1. The lowest BCUT2D eigenvalue weighted by molar-refractivity contribution is 0.0158. The summed E-state index contributed by atoms with van der Waals surface area (Å²) in [7, 11) is 0. The molecule has 0 spiro atoms. The van der Waals surface area contributed by atoms with Gasteiger partial charge in [0.25, 0.3) is 0 Å². The van der Waals surface area contributed by atoms with Gasteiger partial charge in [-0.3, -0.25) is 0 Å². The second-order valence-corrected chi connectivity index (χ2v) is 7.06. The van der Waals surface area contributed by atoms with Gasteiger partial charge in [-0.25, -0.2) is 18.4 Å². The average molecular weight is 356 g/mol. The Labute approximate surface area is 145 Å². The molecule has 1 aliphatic heterocycles. The molecule has 1 fully saturated rings. The largest absolute Gasteiger partial charge is 0.478 e. The van der Waals surface area contributed by atoms with Crippen molar-refractivity contribution in [1.29, 1.82) is 0 Å². The second-order valence-electron chi connectivity index (χ2n) is 7.06. The van der Waals surface area contributed by atoms with E-state index >= 15 is 0 Å². The van der Waals surface area contributed by atoms with Gasteiger partial charge in [0, 0.05) is 31.7 Å². The lowest BCUT2D eigenvalue weighted by Gasteiger charge is -2.41. The molecule has 1 aromatic rings. The molecule has 25 heavy (non-hydrogen) atoms. The summed E-state index contributed by atoms with van der Waals surface area (Å²) < 4.78 is 33.4. The number of rotatable bonds is 2. The molecule has 1 aromatic carbocycles. The van der Waals surface area contributed by atoms with E-state index in [0.717, 1.165) is 6.07 Å². The summed E-state index contributed by atoms with van der Waals surface area (Å²) in [4.78, 5) is 26.2. The minimum absolute atomic E-state index is 0.0156. The van der Waals surface area contributed by atoms with Crippen molar-refractivity contribution in [1.82, 2.24) is 4.90 Å². The van der Waals surface area contributed by atoms with Gasteiger partial charge in [-0.05, 0) is 33.8 Å². The standard InChI is InChI=1S/C17H22F2N2O4/c1-10-9-20(5-6-21(10)16(24)25-17(2,3)4)14-8-12(18)11(15(22)23)7-13(14)19/h7-8,10H,5-6,9H2,1-4H3,(H,22,23). The number of hydrogen-bond acceptors (Lipinski definition) is 4. The molecule has 0 aliphatic carbocycles. The topological polar surface area (TPSA) is 70.1 Å². The van der Waals surface area contributed by atoms with Crippen LogP contribution in [0.5, 0.6) is 0 Å². The number of amides is 1. The number of hydrogen-bond donors (Lipinski definition) is 1. The van der Waals surface area contributed by atoms with Crippen molar-refractivity contribution in [3.63, 3.8) is 0 Å². The first-order valence-electron chi connectivity index (χ1n) is 7.96. The van der Waals surface area contributed by atoms with Crippen LogP contribution in [0.1, 0.15) is 38.1 Å². The normalized spacial score (nSPS) is 18.2. The van der Waals surface area contributed by atoms with Crippen molar-refractivity contribution in [2.45, 2.75) is 39.3 Å². The number of carboxylic acids is 1. The number of nitrogens with zero attached hydrogens (tertiary/aromatic N) is 2. The van der Waals surface area contributed by atoms with E-state index in [2.05, 4.69) is 0 Å². The maximum absolute atomic E-state index is 14.2. The summed E-state index contributed by atoms with van der Waals surface area (Å²) in [5, 5.41) is 8.84. The van der Waals surface area contributed by atoms with Gasteiger partial charge in [0.15, 0.2) is 0 Å². The molecule has 0 aromatic heterocycles. The van der Waals surface area contributed by atoms with Crippen LogP contribution in [0.25, 0.3) is 0 Å². The zero-order chi connectivity index (χ0) is 18.9. The molecule has 0 bridgehead atoms. The third-order valence-electron chi connectivity index (χ3n) is 3.86. The van der Waals surface area contributed by atoms with E-state index in [9.17, 15) is 18.4 Å². The van der Waals surface area contributed by atoms with E-state index in [4.69, 9.17) is 9.84 Å². The summed E-state index contributed by atoms with van der Waals surface area (Å²) in [6.07, 6.45) is -0.451. The van der Waals surface area contributed by atoms with Crippen LogP contribution in [0.2, 0.25) is 0 Å². The molecule has 0 radical (unpaired) electrons. The zero-order valence-corrected chi connectivity index (χ0v) is 14.7. The summed E-state index contributed by atoms with van der Waals surface area (Å²) in [5.41, 5.74) is -1.34. The summed E-state index contributed by atoms with van der Waals surface area (Å²) in [6.45, 7) is 7.96. The van der Waals surface area contributed by atoms with Crippen molar-refractivity contribution >= 4 is 17.7 Å². The van der Waals surface area contributed by atoms with Crippen LogP contribution in [0.4, 0.5) is 19.3 Å². The van der Waals surface area contributed by atoms with Crippen molar-refractivity contribution in [3.05, 3.63) is 29.3 Å². The monoisotopic (exact) mass is 356 g/mol. The van der Waals surface area contributed by atoms with Crippen LogP contribution in [0.3, 0.4) is 0 Å². The van der Waals surface area contributed by atoms with Crippen LogP contribution in [0, 0.1) is 11.6 Å². The van der Waals surface area contributed by atoms with E-state index in [-0.39, 0.29) is 31.4 Å². The number of carbonyl (C=O) groups excluding carboxylic acids is 1. The first-order valence-corrected chi connectivity index (χ1v) is 7.96. The lowest BCUT2D eigenvalue weighted by Crippen LogP contribution is -2.55. The van der Waals surface area contributed by atoms with E-state index < -0.39 is 34.9 Å². The van der Waals surface area contributed by atoms with E-state index in [1.54, 1.807) is 37.5 Å². The Hall–Kier alpha value is -2.38. The number of ether oxygens (including phenoxy) is 1. The average Bonchev–Trinajstić information content (AvgIpc) is 2.46. The van der Waals surface area contributed by atoms with Gasteiger partial charge in [0.1, 0.15) is 17.2 Å². The molecule has 1 saturated heterocycles. The van der Waals surface area contributed by atoms with Crippen LogP contribution in [-0.2, 0) is 4.74 Å². The molecule has 1 aliphatic rings. The van der Waals surface area contributed by atoms with Crippen molar-refractivity contribution in [3.8, 4) is 0 Å². The van der Waals surface area contributed by atoms with E-state index in [1.807, 2.05) is 0 Å². The maximum Gasteiger partial charge on any atom is 0.410 e. The fraction of sp³-hybridized carbons (Fsp3) is 0.529. The molecule has 1 N–H and O–H groups in total. The molecular weight excluding hydrogens is 334 g/mol. The number of piperazine rings is 1. The Morgan fingerprint density at radius 1 is 1.20 bits per heavy atom. The molecule has 1 heterocycles. The maximum atomic E-state index is 14.2. The van der Waals surface area contributed by atoms with Crippen LogP contribution in [-0.4, -0.2) is 53.3 Å². The number of carboxylic acid groups (broad SMARTS) is 1. The highest BCUT2D eigenvalue weighted by atomic mass is 19.1. The number of anilines is 1. The van der Waals surface area contributed by atoms with E-state index in [1.165, 1.54) is 0 Å². The van der Waals surface area contributed by atoms with Crippen molar-refractivity contribution < 1.29 is 28.2 Å². The zero-order valence-electron chi connectivity index (χ0n) is 14.7. The molecule has 2 rings (SSSR count). The van der Waals surface area contributed by atoms with Gasteiger partial charge in [-0.1, -0.05) is 0 Å². The van der Waals surface area contributed by atoms with E-state index in [0.29, 0.717) is 6.07 Å².